The molecule has 1 aliphatic rings. The Morgan fingerprint density at radius 3 is 2.54 bits per heavy atom. The number of piperazine rings is 1. The number of aryl methyl sites for hydroxylation is 1. The van der Waals surface area contributed by atoms with E-state index in [1.54, 1.807) is 0 Å². The van der Waals surface area contributed by atoms with Gasteiger partial charge in [-0.15, -0.1) is 0 Å². The summed E-state index contributed by atoms with van der Waals surface area (Å²) in [6.07, 6.45) is 1.75. The Bertz CT molecular complexity index is 783. The van der Waals surface area contributed by atoms with Crippen molar-refractivity contribution in [3.63, 3.8) is 0 Å². The van der Waals surface area contributed by atoms with Crippen LogP contribution < -0.4 is 5.56 Å². The Morgan fingerprint density at radius 2 is 1.85 bits per heavy atom. The summed E-state index contributed by atoms with van der Waals surface area (Å²) in [6.45, 7) is 4.25. The van der Waals surface area contributed by atoms with Gasteiger partial charge in [-0.05, 0) is 12.0 Å². The zero-order chi connectivity index (χ0) is 18.4. The molecular formula is C19H24N4O3. The number of carbonyl (C=O) groups is 1. The molecule has 0 radical (unpaired) electrons. The first kappa shape index (κ1) is 18.1. The number of rotatable bonds is 6. The zero-order valence-electron chi connectivity index (χ0n) is 14.7. The number of hydrogen-bond donors (Lipinski definition) is 2. The first-order chi connectivity index (χ1) is 12.6. The average molecular weight is 356 g/mol. The third kappa shape index (κ3) is 4.92. The van der Waals surface area contributed by atoms with Gasteiger partial charge < -0.3 is 10.0 Å². The summed E-state index contributed by atoms with van der Waals surface area (Å²) >= 11 is 0. The summed E-state index contributed by atoms with van der Waals surface area (Å²) in [5.74, 6) is -0.283. The molecule has 1 aliphatic heterocycles. The van der Waals surface area contributed by atoms with E-state index in [9.17, 15) is 14.7 Å². The van der Waals surface area contributed by atoms with Crippen molar-refractivity contribution in [3.8, 4) is 5.75 Å². The van der Waals surface area contributed by atoms with E-state index in [2.05, 4.69) is 39.4 Å². The number of H-pyrrole nitrogens is 1. The second kappa shape index (κ2) is 8.62. The summed E-state index contributed by atoms with van der Waals surface area (Å²) in [7, 11) is 0. The lowest BCUT2D eigenvalue weighted by Gasteiger charge is -2.34. The SMILES string of the molecule is O=C(CCc1cc(O)c(=O)[nH]n1)N1CCN(CCc2ccccc2)CC1. The van der Waals surface area contributed by atoms with Gasteiger partial charge in [-0.1, -0.05) is 30.3 Å². The highest BCUT2D eigenvalue weighted by Crippen LogP contribution is 2.09. The van der Waals surface area contributed by atoms with Crippen molar-refractivity contribution < 1.29 is 9.90 Å². The van der Waals surface area contributed by atoms with Crippen LogP contribution in [0.4, 0.5) is 0 Å². The smallest absolute Gasteiger partial charge is 0.306 e. The van der Waals surface area contributed by atoms with Crippen LogP contribution in [0.5, 0.6) is 5.75 Å². The summed E-state index contributed by atoms with van der Waals surface area (Å²) < 4.78 is 0. The number of amides is 1. The average Bonchev–Trinajstić information content (AvgIpc) is 2.68. The minimum atomic E-state index is -0.619. The fourth-order valence-electron chi connectivity index (χ4n) is 3.11. The van der Waals surface area contributed by atoms with Crippen molar-refractivity contribution in [3.05, 3.63) is 58.0 Å². The molecule has 0 bridgehead atoms. The molecule has 0 saturated carbocycles. The van der Waals surface area contributed by atoms with Crippen molar-refractivity contribution in [1.29, 1.82) is 0 Å². The number of benzene rings is 1. The van der Waals surface area contributed by atoms with E-state index in [1.807, 2.05) is 11.0 Å². The minimum Gasteiger partial charge on any atom is -0.503 e. The normalized spacial score (nSPS) is 15.2. The molecule has 1 aromatic carbocycles. The van der Waals surface area contributed by atoms with Crippen molar-refractivity contribution in [1.82, 2.24) is 20.0 Å². The molecule has 0 aliphatic carbocycles. The van der Waals surface area contributed by atoms with Crippen molar-refractivity contribution in [2.24, 2.45) is 0 Å². The molecule has 1 saturated heterocycles. The first-order valence-corrected chi connectivity index (χ1v) is 8.93. The predicted molar refractivity (Wildman–Crippen MR) is 98.0 cm³/mol. The molecule has 0 atom stereocenters. The maximum Gasteiger partial charge on any atom is 0.306 e. The van der Waals surface area contributed by atoms with Crippen molar-refractivity contribution in [2.45, 2.75) is 19.3 Å². The number of aromatic hydroxyl groups is 1. The van der Waals surface area contributed by atoms with Gasteiger partial charge in [0.2, 0.25) is 5.91 Å². The van der Waals surface area contributed by atoms with Crippen LogP contribution in [-0.2, 0) is 17.6 Å². The van der Waals surface area contributed by atoms with E-state index in [-0.39, 0.29) is 11.7 Å². The molecular weight excluding hydrogens is 332 g/mol. The molecule has 2 heterocycles. The summed E-state index contributed by atoms with van der Waals surface area (Å²) in [5.41, 5.74) is 1.23. The predicted octanol–water partition coefficient (Wildman–Crippen LogP) is 0.795. The second-order valence-corrected chi connectivity index (χ2v) is 6.53. The lowest BCUT2D eigenvalue weighted by atomic mass is 10.1. The van der Waals surface area contributed by atoms with Gasteiger partial charge in [0.15, 0.2) is 5.75 Å². The molecule has 0 unspecified atom stereocenters. The Balaban J connectivity index is 1.40. The van der Waals surface area contributed by atoms with Gasteiger partial charge in [0.05, 0.1) is 5.69 Å². The van der Waals surface area contributed by atoms with Crippen LogP contribution in [0.1, 0.15) is 17.7 Å². The summed E-state index contributed by atoms with van der Waals surface area (Å²) in [6, 6.07) is 11.7. The molecule has 26 heavy (non-hydrogen) atoms. The molecule has 138 valence electrons. The molecule has 0 spiro atoms. The number of nitrogens with zero attached hydrogens (tertiary/aromatic N) is 3. The van der Waals surface area contributed by atoms with Gasteiger partial charge >= 0.3 is 5.56 Å². The second-order valence-electron chi connectivity index (χ2n) is 6.53. The van der Waals surface area contributed by atoms with Gasteiger partial charge in [-0.2, -0.15) is 5.10 Å². The van der Waals surface area contributed by atoms with Gasteiger partial charge in [0, 0.05) is 51.6 Å². The van der Waals surface area contributed by atoms with Crippen LogP contribution >= 0.6 is 0 Å². The monoisotopic (exact) mass is 356 g/mol. The van der Waals surface area contributed by atoms with Gasteiger partial charge in [-0.3, -0.25) is 14.5 Å². The highest BCUT2D eigenvalue weighted by molar-refractivity contribution is 5.76. The Kier molecular flexibility index (Phi) is 6.01. The molecule has 1 amide bonds. The maximum atomic E-state index is 12.4. The molecule has 3 rings (SSSR count). The summed E-state index contributed by atoms with van der Waals surface area (Å²) in [5, 5.41) is 15.5. The van der Waals surface area contributed by atoms with Gasteiger partial charge in [0.25, 0.3) is 0 Å². The third-order valence-electron chi connectivity index (χ3n) is 4.72. The standard InChI is InChI=1S/C19H24N4O3/c24-17-14-16(20-21-19(17)26)6-7-18(25)23-12-10-22(11-13-23)9-8-15-4-2-1-3-5-15/h1-5,14H,6-13H2,(H,20,24)(H,21,26). The quantitative estimate of drug-likeness (QED) is 0.799. The van der Waals surface area contributed by atoms with Crippen molar-refractivity contribution >= 4 is 5.91 Å². The van der Waals surface area contributed by atoms with E-state index in [0.717, 1.165) is 39.1 Å². The third-order valence-corrected chi connectivity index (χ3v) is 4.72. The number of carbonyl (C=O) groups excluding carboxylic acids is 1. The number of hydrogen-bond acceptors (Lipinski definition) is 5. The Morgan fingerprint density at radius 1 is 1.12 bits per heavy atom. The van der Waals surface area contributed by atoms with E-state index in [1.165, 1.54) is 11.6 Å². The van der Waals surface area contributed by atoms with Gasteiger partial charge in [0.1, 0.15) is 0 Å². The van der Waals surface area contributed by atoms with E-state index >= 15 is 0 Å². The fourth-order valence-corrected chi connectivity index (χ4v) is 3.11. The topological polar surface area (TPSA) is 89.5 Å². The molecule has 2 N–H and O–H groups in total. The van der Waals surface area contributed by atoms with Crippen LogP contribution in [0, 0.1) is 0 Å². The number of aromatic amines is 1. The van der Waals surface area contributed by atoms with E-state index < -0.39 is 5.56 Å². The van der Waals surface area contributed by atoms with Crippen LogP contribution in [0.15, 0.2) is 41.2 Å². The number of aromatic nitrogens is 2. The molecule has 2 aromatic rings. The maximum absolute atomic E-state index is 12.4. The number of nitrogens with one attached hydrogen (secondary N) is 1. The first-order valence-electron chi connectivity index (χ1n) is 8.93. The largest absolute Gasteiger partial charge is 0.503 e. The lowest BCUT2D eigenvalue weighted by Crippen LogP contribution is -2.49. The Labute approximate surface area is 152 Å². The Hall–Kier alpha value is -2.67. The van der Waals surface area contributed by atoms with E-state index in [4.69, 9.17) is 0 Å². The molecule has 1 fully saturated rings. The van der Waals surface area contributed by atoms with Crippen molar-refractivity contribution in [2.75, 3.05) is 32.7 Å². The molecule has 7 heteroatoms. The summed E-state index contributed by atoms with van der Waals surface area (Å²) in [4.78, 5) is 27.7. The lowest BCUT2D eigenvalue weighted by molar-refractivity contribution is -0.132. The van der Waals surface area contributed by atoms with Gasteiger partial charge in [-0.25, -0.2) is 5.10 Å². The molecule has 7 nitrogen and oxygen atoms in total. The highest BCUT2D eigenvalue weighted by Gasteiger charge is 2.20. The van der Waals surface area contributed by atoms with Crippen LogP contribution in [0.3, 0.4) is 0 Å². The van der Waals surface area contributed by atoms with E-state index in [0.29, 0.717) is 18.5 Å². The highest BCUT2D eigenvalue weighted by atomic mass is 16.3. The molecule has 1 aromatic heterocycles. The van der Waals surface area contributed by atoms with Crippen LogP contribution in [0.2, 0.25) is 0 Å². The fraction of sp³-hybridized carbons (Fsp3) is 0.421. The van der Waals surface area contributed by atoms with Crippen LogP contribution in [0.25, 0.3) is 0 Å². The zero-order valence-corrected chi connectivity index (χ0v) is 14.7. The minimum absolute atomic E-state index is 0.0835. The van der Waals surface area contributed by atoms with Crippen LogP contribution in [-0.4, -0.2) is 63.7 Å².